The van der Waals surface area contributed by atoms with E-state index in [9.17, 15) is 0 Å². The molecule has 0 aliphatic heterocycles. The molecule has 0 amide bonds. The fraction of sp³-hybridized carbons (Fsp3) is 0.500. The van der Waals surface area contributed by atoms with Crippen LogP contribution in [-0.2, 0) is 0 Å². The number of benzene rings is 1. The predicted octanol–water partition coefficient (Wildman–Crippen LogP) is 3.26. The number of rotatable bonds is 6. The van der Waals surface area contributed by atoms with Crippen molar-refractivity contribution in [2.24, 2.45) is 5.73 Å². The lowest BCUT2D eigenvalue weighted by atomic mass is 10.1. The molecule has 0 aromatic heterocycles. The summed E-state index contributed by atoms with van der Waals surface area (Å²) in [6.45, 7) is 8.58. The van der Waals surface area contributed by atoms with Gasteiger partial charge in [0.25, 0.3) is 0 Å². The summed E-state index contributed by atoms with van der Waals surface area (Å²) < 4.78 is 0. The quantitative estimate of drug-likeness (QED) is 0.786. The van der Waals surface area contributed by atoms with Gasteiger partial charge in [0.1, 0.15) is 4.99 Å². The molecule has 0 aliphatic rings. The Morgan fingerprint density at radius 3 is 2.29 bits per heavy atom. The van der Waals surface area contributed by atoms with E-state index in [0.29, 0.717) is 4.99 Å². The van der Waals surface area contributed by atoms with Gasteiger partial charge in [0.2, 0.25) is 0 Å². The second kappa shape index (κ2) is 6.60. The normalized spacial score (nSPS) is 10.3. The summed E-state index contributed by atoms with van der Waals surface area (Å²) in [7, 11) is 0. The molecule has 0 unspecified atom stereocenters. The number of nitrogens with two attached hydrogens (primary N) is 1. The van der Waals surface area contributed by atoms with Gasteiger partial charge in [-0.2, -0.15) is 0 Å². The summed E-state index contributed by atoms with van der Waals surface area (Å²) in [6, 6.07) is 6.28. The summed E-state index contributed by atoms with van der Waals surface area (Å²) in [5, 5.41) is 0. The Kier molecular flexibility index (Phi) is 5.42. The van der Waals surface area contributed by atoms with Gasteiger partial charge in [0, 0.05) is 24.3 Å². The minimum Gasteiger partial charge on any atom is -0.389 e. The van der Waals surface area contributed by atoms with Gasteiger partial charge in [-0.05, 0) is 37.5 Å². The van der Waals surface area contributed by atoms with Crippen LogP contribution < -0.4 is 10.6 Å². The second-order valence-corrected chi connectivity index (χ2v) is 4.81. The van der Waals surface area contributed by atoms with Crippen LogP contribution in [0.4, 0.5) is 5.69 Å². The van der Waals surface area contributed by atoms with E-state index in [2.05, 4.69) is 37.8 Å². The van der Waals surface area contributed by atoms with E-state index in [1.807, 2.05) is 6.07 Å². The molecule has 0 saturated heterocycles. The number of hydrogen-bond donors (Lipinski definition) is 1. The molecule has 0 bridgehead atoms. The molecule has 1 aromatic rings. The molecule has 17 heavy (non-hydrogen) atoms. The Hall–Kier alpha value is -1.09. The highest BCUT2D eigenvalue weighted by atomic mass is 32.1. The molecule has 0 spiro atoms. The molecule has 94 valence electrons. The molecule has 2 nitrogen and oxygen atoms in total. The van der Waals surface area contributed by atoms with Crippen LogP contribution >= 0.6 is 12.2 Å². The molecular weight excluding hydrogens is 228 g/mol. The summed E-state index contributed by atoms with van der Waals surface area (Å²) in [4.78, 5) is 2.86. The van der Waals surface area contributed by atoms with Crippen molar-refractivity contribution in [3.63, 3.8) is 0 Å². The molecule has 0 heterocycles. The highest BCUT2D eigenvalue weighted by molar-refractivity contribution is 7.80. The Balaban J connectivity index is 3.14. The monoisotopic (exact) mass is 250 g/mol. The summed E-state index contributed by atoms with van der Waals surface area (Å²) in [5.74, 6) is 0. The van der Waals surface area contributed by atoms with E-state index >= 15 is 0 Å². The van der Waals surface area contributed by atoms with Crippen molar-refractivity contribution in [2.45, 2.75) is 33.6 Å². The average molecular weight is 250 g/mol. The van der Waals surface area contributed by atoms with Crippen LogP contribution in [0.1, 0.15) is 37.8 Å². The zero-order valence-electron chi connectivity index (χ0n) is 11.0. The van der Waals surface area contributed by atoms with E-state index in [0.717, 1.165) is 31.5 Å². The topological polar surface area (TPSA) is 29.3 Å². The third-order valence-corrected chi connectivity index (χ3v) is 2.97. The minimum absolute atomic E-state index is 0.484. The first-order chi connectivity index (χ1) is 8.10. The first-order valence-corrected chi connectivity index (χ1v) is 6.66. The van der Waals surface area contributed by atoms with Gasteiger partial charge in [0.15, 0.2) is 0 Å². The molecule has 0 saturated carbocycles. The highest BCUT2D eigenvalue weighted by Gasteiger charge is 2.11. The van der Waals surface area contributed by atoms with Gasteiger partial charge in [-0.1, -0.05) is 32.1 Å². The Morgan fingerprint density at radius 1 is 1.24 bits per heavy atom. The fourth-order valence-corrected chi connectivity index (χ4v) is 2.18. The van der Waals surface area contributed by atoms with Gasteiger partial charge in [-0.15, -0.1) is 0 Å². The number of nitrogens with zero attached hydrogens (tertiary/aromatic N) is 1. The van der Waals surface area contributed by atoms with Crippen molar-refractivity contribution in [1.29, 1.82) is 0 Å². The molecule has 3 heteroatoms. The number of thiocarbonyl (C=S) groups is 1. The van der Waals surface area contributed by atoms with Gasteiger partial charge < -0.3 is 10.6 Å². The maximum atomic E-state index is 5.80. The van der Waals surface area contributed by atoms with Crippen LogP contribution in [-0.4, -0.2) is 18.1 Å². The van der Waals surface area contributed by atoms with Gasteiger partial charge in [-0.3, -0.25) is 0 Å². The van der Waals surface area contributed by atoms with Crippen LogP contribution in [0.15, 0.2) is 18.2 Å². The number of anilines is 1. The van der Waals surface area contributed by atoms with Gasteiger partial charge in [-0.25, -0.2) is 0 Å². The first-order valence-electron chi connectivity index (χ1n) is 6.25. The van der Waals surface area contributed by atoms with Crippen molar-refractivity contribution in [3.05, 3.63) is 29.3 Å². The summed E-state index contributed by atoms with van der Waals surface area (Å²) in [5.41, 5.74) is 9.22. The largest absolute Gasteiger partial charge is 0.389 e. The molecule has 0 fully saturated rings. The highest BCUT2D eigenvalue weighted by Crippen LogP contribution is 2.23. The smallest absolute Gasteiger partial charge is 0.106 e. The molecule has 2 N–H and O–H groups in total. The lowest BCUT2D eigenvalue weighted by Crippen LogP contribution is -2.27. The summed E-state index contributed by atoms with van der Waals surface area (Å²) >= 11 is 5.13. The lowest BCUT2D eigenvalue weighted by Gasteiger charge is -2.26. The molecule has 1 rings (SSSR count). The summed E-state index contributed by atoms with van der Waals surface area (Å²) in [6.07, 6.45) is 2.26. The average Bonchev–Trinajstić information content (AvgIpc) is 2.28. The maximum Gasteiger partial charge on any atom is 0.106 e. The second-order valence-electron chi connectivity index (χ2n) is 4.37. The molecule has 0 aliphatic carbocycles. The zero-order valence-corrected chi connectivity index (χ0v) is 11.8. The fourth-order valence-electron chi connectivity index (χ4n) is 2.00. The first kappa shape index (κ1) is 14.0. The maximum absolute atomic E-state index is 5.80. The lowest BCUT2D eigenvalue weighted by molar-refractivity contribution is 0.744. The minimum atomic E-state index is 0.484. The third-order valence-electron chi connectivity index (χ3n) is 2.75. The van der Waals surface area contributed by atoms with E-state index in [4.69, 9.17) is 18.0 Å². The Bertz CT molecular complexity index is 382. The van der Waals surface area contributed by atoms with Crippen LogP contribution in [0.25, 0.3) is 0 Å². The van der Waals surface area contributed by atoms with Gasteiger partial charge in [0.05, 0.1) is 0 Å². The van der Waals surface area contributed by atoms with Crippen molar-refractivity contribution in [2.75, 3.05) is 18.0 Å². The van der Waals surface area contributed by atoms with Crippen LogP contribution in [0, 0.1) is 6.92 Å². The third kappa shape index (κ3) is 3.70. The van der Waals surface area contributed by atoms with Crippen LogP contribution in [0.3, 0.4) is 0 Å². The number of hydrogen-bond acceptors (Lipinski definition) is 2. The SMILES string of the molecule is CCCN(CCC)c1cc(C)ccc1C(N)=S. The standard InChI is InChI=1S/C14H22N2S/c1-4-8-16(9-5-2)13-10-11(3)6-7-12(13)14(15)17/h6-7,10H,4-5,8-9H2,1-3H3,(H2,15,17). The Labute approximate surface area is 110 Å². The molecular formula is C14H22N2S. The van der Waals surface area contributed by atoms with Crippen LogP contribution in [0.5, 0.6) is 0 Å². The molecule has 0 radical (unpaired) electrons. The van der Waals surface area contributed by atoms with E-state index in [1.54, 1.807) is 0 Å². The van der Waals surface area contributed by atoms with Crippen LogP contribution in [0.2, 0.25) is 0 Å². The Morgan fingerprint density at radius 2 is 1.82 bits per heavy atom. The predicted molar refractivity (Wildman–Crippen MR) is 79.9 cm³/mol. The van der Waals surface area contributed by atoms with E-state index in [-0.39, 0.29) is 0 Å². The van der Waals surface area contributed by atoms with Crippen molar-refractivity contribution >= 4 is 22.9 Å². The number of aryl methyl sites for hydroxylation is 1. The van der Waals surface area contributed by atoms with E-state index in [1.165, 1.54) is 11.3 Å². The van der Waals surface area contributed by atoms with Crippen molar-refractivity contribution in [3.8, 4) is 0 Å². The molecule has 1 aromatic carbocycles. The van der Waals surface area contributed by atoms with Gasteiger partial charge >= 0.3 is 0 Å². The van der Waals surface area contributed by atoms with E-state index < -0.39 is 0 Å². The van der Waals surface area contributed by atoms with Crippen molar-refractivity contribution < 1.29 is 0 Å². The van der Waals surface area contributed by atoms with Crippen molar-refractivity contribution in [1.82, 2.24) is 0 Å². The molecule has 0 atom stereocenters. The zero-order chi connectivity index (χ0) is 12.8.